The molecule has 0 fully saturated rings. The Kier molecular flexibility index (Phi) is 72.3. The van der Waals surface area contributed by atoms with Crippen molar-refractivity contribution in [3.63, 3.8) is 0 Å². The fourth-order valence-corrected chi connectivity index (χ4v) is 12.3. The zero-order chi connectivity index (χ0) is 74.6. The van der Waals surface area contributed by atoms with E-state index in [1.165, 1.54) is 103 Å². The number of aliphatic hydroxyl groups excluding tert-OH is 1. The molecule has 102 heavy (non-hydrogen) atoms. The summed E-state index contributed by atoms with van der Waals surface area (Å²) >= 11 is 0. The first-order valence-corrected chi connectivity index (χ1v) is 43.5. The van der Waals surface area contributed by atoms with Gasteiger partial charge < -0.3 is 33.8 Å². The van der Waals surface area contributed by atoms with Crippen LogP contribution in [0, 0.1) is 0 Å². The van der Waals surface area contributed by atoms with Crippen molar-refractivity contribution in [2.75, 3.05) is 39.6 Å². The summed E-state index contributed by atoms with van der Waals surface area (Å²) in [7, 11) is -9.98. The summed E-state index contributed by atoms with van der Waals surface area (Å²) < 4.78 is 68.6. The second-order valence-corrected chi connectivity index (χ2v) is 29.9. The molecule has 0 saturated heterocycles. The topological polar surface area (TPSA) is 237 Å². The maximum Gasteiger partial charge on any atom is 0.472 e. The molecular weight excluding hydrogens is 1330 g/mol. The average molecular weight is 1480 g/mol. The van der Waals surface area contributed by atoms with Crippen LogP contribution in [0.2, 0.25) is 0 Å². The normalized spacial score (nSPS) is 14.4. The number of rotatable bonds is 76. The Labute approximate surface area is 620 Å². The third kappa shape index (κ3) is 74.3. The van der Waals surface area contributed by atoms with Crippen molar-refractivity contribution in [3.8, 4) is 0 Å². The van der Waals surface area contributed by atoms with Crippen molar-refractivity contribution in [1.29, 1.82) is 0 Å². The minimum Gasteiger partial charge on any atom is -0.462 e. The van der Waals surface area contributed by atoms with E-state index in [0.717, 1.165) is 161 Å². The van der Waals surface area contributed by atoms with Gasteiger partial charge in [0.05, 0.1) is 26.4 Å². The van der Waals surface area contributed by atoms with Crippen molar-refractivity contribution in [1.82, 2.24) is 0 Å². The summed E-state index contributed by atoms with van der Waals surface area (Å²) in [6.07, 6.45) is 79.6. The lowest BCUT2D eigenvalue weighted by molar-refractivity contribution is -0.161. The summed E-state index contributed by atoms with van der Waals surface area (Å²) in [6.45, 7) is 4.75. The van der Waals surface area contributed by atoms with Crippen LogP contribution in [-0.4, -0.2) is 96.7 Å². The van der Waals surface area contributed by atoms with Gasteiger partial charge in [0.15, 0.2) is 12.2 Å². The van der Waals surface area contributed by atoms with E-state index in [0.29, 0.717) is 32.1 Å². The molecule has 2 unspecified atom stereocenters. The first kappa shape index (κ1) is 98.0. The van der Waals surface area contributed by atoms with Crippen molar-refractivity contribution in [3.05, 3.63) is 97.2 Å². The number of allylic oxidation sites excluding steroid dienone is 16. The maximum atomic E-state index is 13.1. The number of ether oxygens (including phenoxy) is 4. The average Bonchev–Trinajstić information content (AvgIpc) is 0.917. The fourth-order valence-electron chi connectivity index (χ4n) is 10.8. The van der Waals surface area contributed by atoms with Crippen LogP contribution < -0.4 is 0 Å². The summed E-state index contributed by atoms with van der Waals surface area (Å²) in [4.78, 5) is 73.0. The second kappa shape index (κ2) is 75.2. The summed E-state index contributed by atoms with van der Waals surface area (Å²) in [5, 5.41) is 10.6. The molecule has 0 aromatic rings. The molecule has 0 radical (unpaired) electrons. The summed E-state index contributed by atoms with van der Waals surface area (Å²) in [6, 6.07) is 0. The molecule has 590 valence electrons. The molecule has 0 spiro atoms. The van der Waals surface area contributed by atoms with Gasteiger partial charge in [0, 0.05) is 25.7 Å². The predicted molar refractivity (Wildman–Crippen MR) is 418 cm³/mol. The molecule has 0 rings (SSSR count). The Morgan fingerprint density at radius 1 is 0.275 bits per heavy atom. The lowest BCUT2D eigenvalue weighted by atomic mass is 10.1. The molecule has 0 amide bonds. The van der Waals surface area contributed by atoms with Crippen LogP contribution in [0.5, 0.6) is 0 Å². The Balaban J connectivity index is 5.42. The van der Waals surface area contributed by atoms with Crippen LogP contribution in [0.4, 0.5) is 0 Å². The molecule has 0 aromatic carbocycles. The van der Waals surface area contributed by atoms with Crippen LogP contribution in [0.15, 0.2) is 97.2 Å². The van der Waals surface area contributed by atoms with Gasteiger partial charge in [-0.1, -0.05) is 273 Å². The quantitative estimate of drug-likeness (QED) is 0.0169. The third-order valence-electron chi connectivity index (χ3n) is 17.0. The van der Waals surface area contributed by atoms with Gasteiger partial charge >= 0.3 is 39.5 Å². The first-order chi connectivity index (χ1) is 49.7. The summed E-state index contributed by atoms with van der Waals surface area (Å²) in [5.41, 5.74) is 0. The molecule has 0 aromatic heterocycles. The van der Waals surface area contributed by atoms with Crippen LogP contribution in [0.1, 0.15) is 349 Å². The first-order valence-electron chi connectivity index (χ1n) is 40.5. The van der Waals surface area contributed by atoms with Gasteiger partial charge in [-0.15, -0.1) is 0 Å². The minimum absolute atomic E-state index is 0.0161. The molecule has 0 bridgehead atoms. The van der Waals surface area contributed by atoms with Gasteiger partial charge in [-0.25, -0.2) is 9.13 Å². The van der Waals surface area contributed by atoms with E-state index in [1.54, 1.807) is 0 Å². The number of esters is 4. The van der Waals surface area contributed by atoms with E-state index >= 15 is 0 Å². The summed E-state index contributed by atoms with van der Waals surface area (Å²) in [5.74, 6) is -2.25. The fraction of sp³-hybridized carbons (Fsp3) is 0.759. The number of unbranched alkanes of at least 4 members (excludes halogenated alkanes) is 34. The molecule has 3 N–H and O–H groups in total. The van der Waals surface area contributed by atoms with Crippen molar-refractivity contribution in [2.24, 2.45) is 0 Å². The lowest BCUT2D eigenvalue weighted by Gasteiger charge is -2.21. The van der Waals surface area contributed by atoms with Crippen LogP contribution in [0.3, 0.4) is 0 Å². The maximum absolute atomic E-state index is 13.1. The number of phosphoric ester groups is 2. The molecule has 5 atom stereocenters. The molecule has 19 heteroatoms. The predicted octanol–water partition coefficient (Wildman–Crippen LogP) is 23.6. The van der Waals surface area contributed by atoms with E-state index < -0.39 is 97.5 Å². The van der Waals surface area contributed by atoms with Gasteiger partial charge in [-0.3, -0.25) is 37.3 Å². The van der Waals surface area contributed by atoms with Gasteiger partial charge in [-0.2, -0.15) is 0 Å². The number of carbonyl (C=O) groups excluding carboxylic acids is 4. The van der Waals surface area contributed by atoms with Crippen molar-refractivity contribution < 1.29 is 80.2 Å². The van der Waals surface area contributed by atoms with E-state index in [-0.39, 0.29) is 25.7 Å². The molecule has 0 aliphatic heterocycles. The van der Waals surface area contributed by atoms with Gasteiger partial charge in [0.2, 0.25) is 0 Å². The molecular formula is C83H146O17P2. The van der Waals surface area contributed by atoms with E-state index in [9.17, 15) is 43.2 Å². The molecule has 17 nitrogen and oxygen atoms in total. The Morgan fingerprint density at radius 3 is 0.814 bits per heavy atom. The molecule has 0 saturated carbocycles. The standard InChI is InChI=1S/C83H146O17P2/c1-5-9-13-17-21-25-29-33-37-38-42-46-50-54-58-62-66-70-83(88)100-79(74-94-81(86)68-64-60-56-52-48-44-40-35-31-27-23-19-15-11-7-3)76-98-102(91,92)96-72-77(84)71-95-101(89,90)97-75-78(99-82(87)69-65-61-57-53-49-45-41-36-32-28-24-20-16-12-8-4)73-93-80(85)67-63-59-55-51-47-43-39-34-30-26-22-18-14-10-6-2/h21,23,25,27-28,32-35,37,39-40,42,46,54,58,77-79,84H,5-20,22,24,26,29-31,36,38,41,43-45,47-53,55-57,59-76H2,1-4H3,(H,89,90)(H,91,92)/b25-21-,27-23-,32-28-,37-33-,39-34-,40-35-,46-42-,58-54-/t77-,78+,79+/m0/s1. The zero-order valence-corrected chi connectivity index (χ0v) is 66.3. The highest BCUT2D eigenvalue weighted by Gasteiger charge is 2.30. The van der Waals surface area contributed by atoms with Crippen LogP contribution >= 0.6 is 15.6 Å². The highest BCUT2D eigenvalue weighted by atomic mass is 31.2. The van der Waals surface area contributed by atoms with E-state index in [4.69, 9.17) is 37.0 Å². The second-order valence-electron chi connectivity index (χ2n) is 27.0. The van der Waals surface area contributed by atoms with Crippen LogP contribution in [0.25, 0.3) is 0 Å². The minimum atomic E-state index is -4.99. The van der Waals surface area contributed by atoms with Gasteiger partial charge in [0.1, 0.15) is 19.3 Å². The number of aliphatic hydroxyl groups is 1. The Bertz CT molecular complexity index is 2310. The van der Waals surface area contributed by atoms with Gasteiger partial charge in [0.25, 0.3) is 0 Å². The third-order valence-corrected chi connectivity index (χ3v) is 18.9. The Morgan fingerprint density at radius 2 is 0.490 bits per heavy atom. The number of carbonyl (C=O) groups is 4. The number of hydrogen-bond acceptors (Lipinski definition) is 15. The monoisotopic (exact) mass is 1480 g/mol. The van der Waals surface area contributed by atoms with E-state index in [2.05, 4.69) is 113 Å². The van der Waals surface area contributed by atoms with Gasteiger partial charge in [-0.05, 0) is 148 Å². The SMILES string of the molecule is CCCCC/C=C\C/C=C\C/C=C\C/C=C\CCCC(=O)O[C@H](COC(=O)CCCCCCC/C=C\C/C=C\CCCCC)COP(=O)(O)OC[C@@H](O)COP(=O)(O)OC[C@@H](COC(=O)CCCCCCC/C=C\CCCCCCCC)OC(=O)CCCCCCCCC/C=C\CCCCCC. The highest BCUT2D eigenvalue weighted by molar-refractivity contribution is 7.47. The smallest absolute Gasteiger partial charge is 0.462 e. The molecule has 0 aliphatic rings. The number of hydrogen-bond donors (Lipinski definition) is 3. The van der Waals surface area contributed by atoms with E-state index in [1.807, 2.05) is 12.2 Å². The van der Waals surface area contributed by atoms with Crippen molar-refractivity contribution in [2.45, 2.75) is 367 Å². The van der Waals surface area contributed by atoms with Crippen molar-refractivity contribution >= 4 is 39.5 Å². The molecule has 0 heterocycles. The zero-order valence-electron chi connectivity index (χ0n) is 64.5. The Hall–Kier alpha value is -4.02. The lowest BCUT2D eigenvalue weighted by Crippen LogP contribution is -2.30. The highest BCUT2D eigenvalue weighted by Crippen LogP contribution is 2.45. The van der Waals surface area contributed by atoms with Crippen LogP contribution in [-0.2, 0) is 65.4 Å². The molecule has 0 aliphatic carbocycles. The largest absolute Gasteiger partial charge is 0.472 e. The number of phosphoric acid groups is 2.